The van der Waals surface area contributed by atoms with Gasteiger partial charge in [0.2, 0.25) is 0 Å². The molecule has 1 amide bonds. The van der Waals surface area contributed by atoms with Gasteiger partial charge < -0.3 is 10.1 Å². The van der Waals surface area contributed by atoms with Gasteiger partial charge in [-0.1, -0.05) is 23.8 Å². The second-order valence-corrected chi connectivity index (χ2v) is 5.01. The van der Waals surface area contributed by atoms with E-state index in [1.54, 1.807) is 18.2 Å². The molecule has 0 aliphatic carbocycles. The van der Waals surface area contributed by atoms with Gasteiger partial charge in [0.15, 0.2) is 0 Å². The van der Waals surface area contributed by atoms with E-state index in [1.165, 1.54) is 5.56 Å². The highest BCUT2D eigenvalue weighted by Gasteiger charge is 2.08. The molecule has 1 N–H and O–H groups in total. The molecule has 104 valence electrons. The zero-order valence-electron chi connectivity index (χ0n) is 11.4. The summed E-state index contributed by atoms with van der Waals surface area (Å²) >= 11 is 3.19. The van der Waals surface area contributed by atoms with Crippen LogP contribution in [0.3, 0.4) is 0 Å². The number of alkyl halides is 1. The molecule has 20 heavy (non-hydrogen) atoms. The monoisotopic (exact) mass is 333 g/mol. The molecule has 2 aromatic rings. The Balaban J connectivity index is 2.17. The minimum absolute atomic E-state index is 0.142. The van der Waals surface area contributed by atoms with Gasteiger partial charge in [-0.05, 0) is 59.6 Å². The molecule has 0 aliphatic heterocycles. The van der Waals surface area contributed by atoms with Gasteiger partial charge in [0.25, 0.3) is 5.91 Å². The number of hydrogen-bond acceptors (Lipinski definition) is 2. The predicted octanol–water partition coefficient (Wildman–Crippen LogP) is 4.29. The third-order valence-corrected chi connectivity index (χ3v) is 3.18. The van der Waals surface area contributed by atoms with E-state index in [0.717, 1.165) is 11.3 Å². The summed E-state index contributed by atoms with van der Waals surface area (Å²) in [5, 5.41) is 2.92. The average Bonchev–Trinajstić information content (AvgIpc) is 2.42. The molecule has 0 radical (unpaired) electrons. The third-order valence-electron chi connectivity index (χ3n) is 2.95. The van der Waals surface area contributed by atoms with Crippen molar-refractivity contribution >= 4 is 27.5 Å². The van der Waals surface area contributed by atoms with Crippen LogP contribution in [0.5, 0.6) is 5.75 Å². The van der Waals surface area contributed by atoms with Crippen molar-refractivity contribution in [2.75, 3.05) is 10.8 Å². The van der Waals surface area contributed by atoms with Gasteiger partial charge in [-0.3, -0.25) is 4.79 Å². The Kier molecular flexibility index (Phi) is 4.79. The fourth-order valence-electron chi connectivity index (χ4n) is 1.94. The fraction of sp³-hybridized carbons (Fsp3) is 0.188. The maximum atomic E-state index is 12.2. The molecular weight excluding hydrogens is 318 g/mol. The molecule has 0 aliphatic rings. The summed E-state index contributed by atoms with van der Waals surface area (Å²) in [6.07, 6.45) is 0. The van der Waals surface area contributed by atoms with Crippen LogP contribution in [0.4, 0.5) is 5.69 Å². The summed E-state index contributed by atoms with van der Waals surface area (Å²) in [6.45, 7) is 4.01. The average molecular weight is 334 g/mol. The van der Waals surface area contributed by atoms with Crippen molar-refractivity contribution in [2.45, 2.75) is 13.8 Å². The Labute approximate surface area is 127 Å². The molecule has 0 saturated carbocycles. The number of aryl methyl sites for hydroxylation is 2. The van der Waals surface area contributed by atoms with Gasteiger partial charge in [-0.15, -0.1) is 0 Å². The summed E-state index contributed by atoms with van der Waals surface area (Å²) < 4.78 is 5.32. The van der Waals surface area contributed by atoms with Crippen molar-refractivity contribution in [1.29, 1.82) is 0 Å². The van der Waals surface area contributed by atoms with Crippen LogP contribution in [0, 0.1) is 13.8 Å². The van der Waals surface area contributed by atoms with Gasteiger partial charge in [0, 0.05) is 11.3 Å². The van der Waals surface area contributed by atoms with Crippen LogP contribution in [0.25, 0.3) is 0 Å². The number of carbonyl (C=O) groups excluding carboxylic acids is 1. The lowest BCUT2D eigenvalue weighted by atomic mass is 10.1. The number of halogens is 1. The molecule has 0 saturated heterocycles. The minimum Gasteiger partial charge on any atom is -0.482 e. The first-order chi connectivity index (χ1) is 9.60. The molecule has 0 aromatic heterocycles. The number of rotatable bonds is 4. The van der Waals surface area contributed by atoms with E-state index in [-0.39, 0.29) is 5.91 Å². The van der Waals surface area contributed by atoms with Crippen LogP contribution < -0.4 is 10.1 Å². The quantitative estimate of drug-likeness (QED) is 0.847. The normalized spacial score (nSPS) is 10.2. The molecular formula is C16H16BrNO2. The Morgan fingerprint density at radius 1 is 1.20 bits per heavy atom. The third kappa shape index (κ3) is 3.61. The molecule has 3 nitrogen and oxygen atoms in total. The molecule has 4 heteroatoms. The smallest absolute Gasteiger partial charge is 0.255 e. The lowest BCUT2D eigenvalue weighted by molar-refractivity contribution is 0.102. The summed E-state index contributed by atoms with van der Waals surface area (Å²) in [6, 6.07) is 13.0. The van der Waals surface area contributed by atoms with E-state index in [2.05, 4.69) is 21.2 Å². The van der Waals surface area contributed by atoms with Crippen molar-refractivity contribution in [3.8, 4) is 5.75 Å². The first-order valence-corrected chi connectivity index (χ1v) is 7.40. The van der Waals surface area contributed by atoms with E-state index >= 15 is 0 Å². The van der Waals surface area contributed by atoms with Crippen LogP contribution >= 0.6 is 15.9 Å². The van der Waals surface area contributed by atoms with E-state index < -0.39 is 0 Å². The van der Waals surface area contributed by atoms with Gasteiger partial charge in [0.05, 0.1) is 0 Å². The SMILES string of the molecule is Cc1ccc(NC(=O)c2cccc(OCBr)c2)c(C)c1. The predicted molar refractivity (Wildman–Crippen MR) is 84.7 cm³/mol. The Hall–Kier alpha value is -1.81. The molecule has 0 spiro atoms. The molecule has 0 bridgehead atoms. The van der Waals surface area contributed by atoms with E-state index in [1.807, 2.05) is 38.1 Å². The zero-order chi connectivity index (χ0) is 14.5. The highest BCUT2D eigenvalue weighted by molar-refractivity contribution is 9.09. The Morgan fingerprint density at radius 2 is 2.00 bits per heavy atom. The standard InChI is InChI=1S/C16H16BrNO2/c1-11-6-7-15(12(2)8-11)18-16(19)13-4-3-5-14(9-13)20-10-17/h3-9H,10H2,1-2H3,(H,18,19). The number of anilines is 1. The van der Waals surface area contributed by atoms with E-state index in [4.69, 9.17) is 4.74 Å². The van der Waals surface area contributed by atoms with Crippen molar-refractivity contribution < 1.29 is 9.53 Å². The van der Waals surface area contributed by atoms with Crippen molar-refractivity contribution in [3.05, 3.63) is 59.2 Å². The highest BCUT2D eigenvalue weighted by atomic mass is 79.9. The topological polar surface area (TPSA) is 38.3 Å². The van der Waals surface area contributed by atoms with Gasteiger partial charge in [0.1, 0.15) is 11.3 Å². The second-order valence-electron chi connectivity index (χ2n) is 4.55. The first kappa shape index (κ1) is 14.6. The summed E-state index contributed by atoms with van der Waals surface area (Å²) in [5.41, 5.74) is 4.02. The molecule has 2 aromatic carbocycles. The van der Waals surface area contributed by atoms with Crippen LogP contribution in [-0.4, -0.2) is 11.4 Å². The first-order valence-electron chi connectivity index (χ1n) is 6.27. The van der Waals surface area contributed by atoms with Crippen molar-refractivity contribution in [1.82, 2.24) is 0 Å². The number of benzene rings is 2. The Bertz CT molecular complexity index is 626. The van der Waals surface area contributed by atoms with Crippen molar-refractivity contribution in [3.63, 3.8) is 0 Å². The molecule has 0 heterocycles. The molecule has 2 rings (SSSR count). The lowest BCUT2D eigenvalue weighted by Gasteiger charge is -2.10. The summed E-state index contributed by atoms with van der Waals surface area (Å²) in [5.74, 6) is 0.520. The lowest BCUT2D eigenvalue weighted by Crippen LogP contribution is -2.12. The van der Waals surface area contributed by atoms with Gasteiger partial charge >= 0.3 is 0 Å². The minimum atomic E-state index is -0.142. The van der Waals surface area contributed by atoms with Crippen LogP contribution in [0.2, 0.25) is 0 Å². The van der Waals surface area contributed by atoms with E-state index in [9.17, 15) is 4.79 Å². The number of ether oxygens (including phenoxy) is 1. The van der Waals surface area contributed by atoms with Crippen LogP contribution in [-0.2, 0) is 0 Å². The number of carbonyl (C=O) groups is 1. The maximum Gasteiger partial charge on any atom is 0.255 e. The summed E-state index contributed by atoms with van der Waals surface area (Å²) in [7, 11) is 0. The summed E-state index contributed by atoms with van der Waals surface area (Å²) in [4.78, 5) is 12.2. The highest BCUT2D eigenvalue weighted by Crippen LogP contribution is 2.19. The van der Waals surface area contributed by atoms with Crippen molar-refractivity contribution in [2.24, 2.45) is 0 Å². The maximum absolute atomic E-state index is 12.2. The number of nitrogens with one attached hydrogen (secondary N) is 1. The molecule has 0 unspecified atom stereocenters. The zero-order valence-corrected chi connectivity index (χ0v) is 13.0. The van der Waals surface area contributed by atoms with Gasteiger partial charge in [-0.2, -0.15) is 0 Å². The number of hydrogen-bond donors (Lipinski definition) is 1. The van der Waals surface area contributed by atoms with Gasteiger partial charge in [-0.25, -0.2) is 0 Å². The van der Waals surface area contributed by atoms with Crippen LogP contribution in [0.1, 0.15) is 21.5 Å². The molecule has 0 atom stereocenters. The Morgan fingerprint density at radius 3 is 2.70 bits per heavy atom. The fourth-order valence-corrected chi connectivity index (χ4v) is 2.20. The largest absolute Gasteiger partial charge is 0.482 e. The van der Waals surface area contributed by atoms with E-state index in [0.29, 0.717) is 16.8 Å². The number of amides is 1. The second kappa shape index (κ2) is 6.57. The van der Waals surface area contributed by atoms with Crippen LogP contribution in [0.15, 0.2) is 42.5 Å². The molecule has 0 fully saturated rings.